The van der Waals surface area contributed by atoms with Crippen molar-refractivity contribution in [1.29, 1.82) is 5.26 Å². The van der Waals surface area contributed by atoms with Crippen LogP contribution in [0.25, 0.3) is 10.8 Å². The van der Waals surface area contributed by atoms with Crippen molar-refractivity contribution >= 4 is 28.3 Å². The Kier molecular flexibility index (Phi) is 5.50. The lowest BCUT2D eigenvalue weighted by Crippen LogP contribution is -2.23. The molecule has 4 rings (SSSR count). The van der Waals surface area contributed by atoms with E-state index in [2.05, 4.69) is 16.7 Å². The molecule has 0 fully saturated rings. The van der Waals surface area contributed by atoms with Crippen molar-refractivity contribution in [3.05, 3.63) is 101 Å². The Morgan fingerprint density at radius 3 is 2.48 bits per heavy atom. The largest absolute Gasteiger partial charge is 0.348 e. The van der Waals surface area contributed by atoms with Gasteiger partial charge in [0.1, 0.15) is 5.69 Å². The maximum Gasteiger partial charge on any atom is 0.272 e. The molecule has 0 aliphatic carbocycles. The number of aromatic nitrogens is 1. The number of hydrogen-bond acceptors (Lipinski definition) is 3. The van der Waals surface area contributed by atoms with Gasteiger partial charge in [-0.3, -0.25) is 9.59 Å². The zero-order valence-electron chi connectivity index (χ0n) is 16.9. The molecule has 0 radical (unpaired) electrons. The molecule has 152 valence electrons. The Hall–Kier alpha value is -4.37. The van der Waals surface area contributed by atoms with E-state index in [4.69, 9.17) is 5.26 Å². The first-order valence-corrected chi connectivity index (χ1v) is 9.78. The van der Waals surface area contributed by atoms with Crippen molar-refractivity contribution in [2.75, 3.05) is 5.32 Å². The van der Waals surface area contributed by atoms with Crippen molar-refractivity contribution in [2.45, 2.75) is 6.54 Å². The molecule has 0 spiro atoms. The van der Waals surface area contributed by atoms with Crippen LogP contribution in [0, 0.1) is 11.3 Å². The van der Waals surface area contributed by atoms with Gasteiger partial charge in [-0.1, -0.05) is 30.3 Å². The third kappa shape index (κ3) is 4.31. The second kappa shape index (κ2) is 8.56. The second-order valence-corrected chi connectivity index (χ2v) is 7.19. The predicted octanol–water partition coefficient (Wildman–Crippen LogP) is 4.23. The zero-order valence-corrected chi connectivity index (χ0v) is 16.9. The second-order valence-electron chi connectivity index (χ2n) is 7.19. The average Bonchev–Trinajstić information content (AvgIpc) is 3.23. The van der Waals surface area contributed by atoms with E-state index in [1.54, 1.807) is 34.9 Å². The highest BCUT2D eigenvalue weighted by molar-refractivity contribution is 6.09. The zero-order chi connectivity index (χ0) is 21.8. The molecule has 2 amide bonds. The lowest BCUT2D eigenvalue weighted by molar-refractivity contribution is 0.0951. The first-order valence-electron chi connectivity index (χ1n) is 9.78. The van der Waals surface area contributed by atoms with Crippen LogP contribution in [0.15, 0.2) is 79.0 Å². The summed E-state index contributed by atoms with van der Waals surface area (Å²) in [7, 11) is 1.82. The highest BCUT2D eigenvalue weighted by atomic mass is 16.2. The van der Waals surface area contributed by atoms with Crippen LogP contribution in [0.3, 0.4) is 0 Å². The van der Waals surface area contributed by atoms with Crippen LogP contribution < -0.4 is 10.6 Å². The van der Waals surface area contributed by atoms with Gasteiger partial charge in [-0.2, -0.15) is 5.26 Å². The maximum absolute atomic E-state index is 12.8. The third-order valence-electron chi connectivity index (χ3n) is 5.10. The summed E-state index contributed by atoms with van der Waals surface area (Å²) >= 11 is 0. The minimum absolute atomic E-state index is 0.185. The smallest absolute Gasteiger partial charge is 0.272 e. The fourth-order valence-corrected chi connectivity index (χ4v) is 3.43. The number of rotatable bonds is 5. The molecular formula is C25H20N4O2. The number of hydrogen-bond donors (Lipinski definition) is 2. The molecule has 0 atom stereocenters. The van der Waals surface area contributed by atoms with Crippen molar-refractivity contribution in [3.8, 4) is 6.07 Å². The molecule has 3 aromatic carbocycles. The highest BCUT2D eigenvalue weighted by Gasteiger charge is 2.12. The number of carbonyl (C=O) groups is 2. The lowest BCUT2D eigenvalue weighted by Gasteiger charge is -2.11. The summed E-state index contributed by atoms with van der Waals surface area (Å²) < 4.78 is 1.76. The van der Waals surface area contributed by atoms with Crippen LogP contribution in [0.2, 0.25) is 0 Å². The molecule has 4 aromatic rings. The van der Waals surface area contributed by atoms with Gasteiger partial charge < -0.3 is 15.2 Å². The van der Waals surface area contributed by atoms with Gasteiger partial charge >= 0.3 is 0 Å². The number of fused-ring (bicyclic) bond motifs is 1. The molecule has 0 saturated carbocycles. The molecule has 6 heteroatoms. The van der Waals surface area contributed by atoms with Crippen LogP contribution >= 0.6 is 0 Å². The number of benzene rings is 3. The monoisotopic (exact) mass is 408 g/mol. The molecule has 0 unspecified atom stereocenters. The van der Waals surface area contributed by atoms with E-state index < -0.39 is 0 Å². The number of nitrogens with zero attached hydrogens (tertiary/aromatic N) is 2. The molecular weight excluding hydrogens is 388 g/mol. The molecule has 1 heterocycles. The van der Waals surface area contributed by atoms with Gasteiger partial charge in [0.05, 0.1) is 11.6 Å². The van der Waals surface area contributed by atoms with Crippen LogP contribution in [0.5, 0.6) is 0 Å². The van der Waals surface area contributed by atoms with E-state index in [1.165, 1.54) is 0 Å². The number of carbonyl (C=O) groups excluding carboxylic acids is 2. The molecule has 0 bridgehead atoms. The van der Waals surface area contributed by atoms with Gasteiger partial charge in [-0.15, -0.1) is 0 Å². The van der Waals surface area contributed by atoms with Crippen molar-refractivity contribution in [3.63, 3.8) is 0 Å². The standard InChI is InChI=1S/C25H20N4O2/c1-29-13-3-6-23(29)25(31)28-20-11-12-21-19(14-20)4-2-5-22(21)24(30)27-16-18-9-7-17(15-26)8-10-18/h2-14H,16H2,1H3,(H,27,30)(H,28,31). The Morgan fingerprint density at radius 2 is 1.77 bits per heavy atom. The van der Waals surface area contributed by atoms with E-state index in [1.807, 2.05) is 55.7 Å². The number of anilines is 1. The number of amides is 2. The van der Waals surface area contributed by atoms with Gasteiger partial charge in [0.15, 0.2) is 0 Å². The Balaban J connectivity index is 1.50. The fourth-order valence-electron chi connectivity index (χ4n) is 3.43. The van der Waals surface area contributed by atoms with Gasteiger partial charge in [-0.05, 0) is 58.8 Å². The summed E-state index contributed by atoms with van der Waals surface area (Å²) in [6.45, 7) is 0.367. The molecule has 31 heavy (non-hydrogen) atoms. The fraction of sp³-hybridized carbons (Fsp3) is 0.0800. The molecule has 0 aliphatic rings. The van der Waals surface area contributed by atoms with E-state index in [-0.39, 0.29) is 11.8 Å². The normalized spacial score (nSPS) is 10.5. The Labute approximate surface area is 179 Å². The van der Waals surface area contributed by atoms with Gasteiger partial charge in [0.25, 0.3) is 11.8 Å². The molecule has 0 saturated heterocycles. The SMILES string of the molecule is Cn1cccc1C(=O)Nc1ccc2c(C(=O)NCc3ccc(C#N)cc3)cccc2c1. The summed E-state index contributed by atoms with van der Waals surface area (Å²) in [5, 5.41) is 16.4. The Morgan fingerprint density at radius 1 is 0.968 bits per heavy atom. The topological polar surface area (TPSA) is 86.9 Å². The summed E-state index contributed by atoms with van der Waals surface area (Å²) in [5.41, 5.74) is 3.29. The number of nitrogens with one attached hydrogen (secondary N) is 2. The molecule has 6 nitrogen and oxygen atoms in total. The molecule has 0 aliphatic heterocycles. The third-order valence-corrected chi connectivity index (χ3v) is 5.10. The summed E-state index contributed by atoms with van der Waals surface area (Å²) in [4.78, 5) is 25.2. The lowest BCUT2D eigenvalue weighted by atomic mass is 10.0. The van der Waals surface area contributed by atoms with E-state index in [0.717, 1.165) is 16.3 Å². The summed E-state index contributed by atoms with van der Waals surface area (Å²) in [6, 6.07) is 23.7. The number of aryl methyl sites for hydroxylation is 1. The quantitative estimate of drug-likeness (QED) is 0.518. The van der Waals surface area contributed by atoms with Gasteiger partial charge in [0, 0.05) is 31.0 Å². The summed E-state index contributed by atoms with van der Waals surface area (Å²) in [6.07, 6.45) is 1.82. The minimum atomic E-state index is -0.192. The predicted molar refractivity (Wildman–Crippen MR) is 120 cm³/mol. The molecule has 2 N–H and O–H groups in total. The first kappa shape index (κ1) is 19.9. The van der Waals surface area contributed by atoms with Crippen molar-refractivity contribution in [1.82, 2.24) is 9.88 Å². The van der Waals surface area contributed by atoms with E-state index in [0.29, 0.717) is 29.1 Å². The number of nitriles is 1. The van der Waals surface area contributed by atoms with Crippen molar-refractivity contribution in [2.24, 2.45) is 7.05 Å². The van der Waals surface area contributed by atoms with Crippen LogP contribution in [-0.4, -0.2) is 16.4 Å². The van der Waals surface area contributed by atoms with E-state index in [9.17, 15) is 9.59 Å². The van der Waals surface area contributed by atoms with E-state index >= 15 is 0 Å². The first-order chi connectivity index (χ1) is 15.0. The van der Waals surface area contributed by atoms with Crippen LogP contribution in [0.4, 0.5) is 5.69 Å². The average molecular weight is 408 g/mol. The Bertz CT molecular complexity index is 1310. The minimum Gasteiger partial charge on any atom is -0.348 e. The highest BCUT2D eigenvalue weighted by Crippen LogP contribution is 2.23. The summed E-state index contributed by atoms with van der Waals surface area (Å²) in [5.74, 6) is -0.376. The van der Waals surface area contributed by atoms with Crippen LogP contribution in [-0.2, 0) is 13.6 Å². The molecule has 1 aromatic heterocycles. The van der Waals surface area contributed by atoms with Gasteiger partial charge in [0.2, 0.25) is 0 Å². The van der Waals surface area contributed by atoms with Gasteiger partial charge in [-0.25, -0.2) is 0 Å². The van der Waals surface area contributed by atoms with Crippen LogP contribution in [0.1, 0.15) is 32.0 Å². The van der Waals surface area contributed by atoms with Crippen molar-refractivity contribution < 1.29 is 9.59 Å². The maximum atomic E-state index is 12.8.